The Balaban J connectivity index is 2.67. The second-order valence-corrected chi connectivity index (χ2v) is 3.22. The third-order valence-electron chi connectivity index (χ3n) is 2.25. The van der Waals surface area contributed by atoms with Gasteiger partial charge in [-0.05, 0) is 19.1 Å². The number of amides is 2. The minimum atomic E-state index is -0.208. The van der Waals surface area contributed by atoms with E-state index in [2.05, 4.69) is 0 Å². The van der Waals surface area contributed by atoms with Crippen LogP contribution in [0.25, 0.3) is 0 Å². The van der Waals surface area contributed by atoms with E-state index in [-0.39, 0.29) is 11.8 Å². The van der Waals surface area contributed by atoms with Crippen molar-refractivity contribution in [2.75, 3.05) is 7.05 Å². The van der Waals surface area contributed by atoms with Crippen LogP contribution in [0.5, 0.6) is 0 Å². The molecule has 0 fully saturated rings. The minimum Gasteiger partial charge on any atom is -0.277 e. The summed E-state index contributed by atoms with van der Waals surface area (Å²) in [6, 6.07) is 5.29. The summed E-state index contributed by atoms with van der Waals surface area (Å²) in [6.45, 7) is 1.90. The first-order valence-electron chi connectivity index (χ1n) is 4.04. The quantitative estimate of drug-likeness (QED) is 0.556. The molecule has 0 bridgehead atoms. The SMILES string of the molecule is Cc1ccc2c(c1)C(=O)N(C)C2=O. The van der Waals surface area contributed by atoms with Gasteiger partial charge in [0.1, 0.15) is 0 Å². The van der Waals surface area contributed by atoms with Crippen molar-refractivity contribution in [2.24, 2.45) is 0 Å². The van der Waals surface area contributed by atoms with E-state index in [0.717, 1.165) is 10.5 Å². The second kappa shape index (κ2) is 2.42. The zero-order valence-electron chi connectivity index (χ0n) is 7.50. The summed E-state index contributed by atoms with van der Waals surface area (Å²) in [6.07, 6.45) is 0. The van der Waals surface area contributed by atoms with Gasteiger partial charge in [-0.25, -0.2) is 0 Å². The molecular weight excluding hydrogens is 166 g/mol. The highest BCUT2D eigenvalue weighted by molar-refractivity contribution is 6.21. The molecule has 66 valence electrons. The number of carbonyl (C=O) groups is 2. The molecule has 1 aliphatic rings. The third-order valence-corrected chi connectivity index (χ3v) is 2.25. The van der Waals surface area contributed by atoms with E-state index in [1.54, 1.807) is 12.1 Å². The molecule has 0 saturated carbocycles. The van der Waals surface area contributed by atoms with E-state index in [0.29, 0.717) is 11.1 Å². The van der Waals surface area contributed by atoms with Crippen molar-refractivity contribution in [3.8, 4) is 0 Å². The van der Waals surface area contributed by atoms with Gasteiger partial charge in [0.05, 0.1) is 11.1 Å². The molecule has 2 rings (SSSR count). The summed E-state index contributed by atoms with van der Waals surface area (Å²) in [5.74, 6) is -0.413. The van der Waals surface area contributed by atoms with Crippen molar-refractivity contribution < 1.29 is 9.59 Å². The zero-order chi connectivity index (χ0) is 9.59. The number of benzene rings is 1. The van der Waals surface area contributed by atoms with E-state index >= 15 is 0 Å². The molecule has 3 heteroatoms. The van der Waals surface area contributed by atoms with Crippen LogP contribution < -0.4 is 0 Å². The van der Waals surface area contributed by atoms with Crippen molar-refractivity contribution in [2.45, 2.75) is 6.92 Å². The molecule has 1 heterocycles. The summed E-state index contributed by atoms with van der Waals surface area (Å²) in [4.78, 5) is 24.0. The normalized spacial score (nSPS) is 15.1. The maximum Gasteiger partial charge on any atom is 0.261 e. The van der Waals surface area contributed by atoms with Gasteiger partial charge in [0.15, 0.2) is 0 Å². The first-order valence-corrected chi connectivity index (χ1v) is 4.04. The van der Waals surface area contributed by atoms with Crippen LogP contribution in [0.3, 0.4) is 0 Å². The van der Waals surface area contributed by atoms with E-state index < -0.39 is 0 Å². The fourth-order valence-electron chi connectivity index (χ4n) is 1.48. The molecule has 0 N–H and O–H groups in total. The molecule has 0 unspecified atom stereocenters. The lowest BCUT2D eigenvalue weighted by molar-refractivity contribution is 0.0693. The highest BCUT2D eigenvalue weighted by Crippen LogP contribution is 2.21. The molecule has 2 amide bonds. The first kappa shape index (κ1) is 7.98. The van der Waals surface area contributed by atoms with Crippen LogP contribution in [0.2, 0.25) is 0 Å². The fourth-order valence-corrected chi connectivity index (χ4v) is 1.48. The smallest absolute Gasteiger partial charge is 0.261 e. The number of aryl methyl sites for hydroxylation is 1. The van der Waals surface area contributed by atoms with Crippen LogP contribution in [0.1, 0.15) is 26.3 Å². The molecule has 1 aromatic carbocycles. The monoisotopic (exact) mass is 175 g/mol. The minimum absolute atomic E-state index is 0.205. The second-order valence-electron chi connectivity index (χ2n) is 3.22. The van der Waals surface area contributed by atoms with Crippen molar-refractivity contribution in [1.82, 2.24) is 4.90 Å². The molecule has 0 atom stereocenters. The van der Waals surface area contributed by atoms with Crippen molar-refractivity contribution in [3.63, 3.8) is 0 Å². The highest BCUT2D eigenvalue weighted by atomic mass is 16.2. The van der Waals surface area contributed by atoms with E-state index in [4.69, 9.17) is 0 Å². The van der Waals surface area contributed by atoms with E-state index in [9.17, 15) is 9.59 Å². The maximum atomic E-state index is 11.5. The summed E-state index contributed by atoms with van der Waals surface area (Å²) in [7, 11) is 1.50. The third kappa shape index (κ3) is 0.967. The van der Waals surface area contributed by atoms with Crippen LogP contribution in [0.15, 0.2) is 18.2 Å². The lowest BCUT2D eigenvalue weighted by Gasteiger charge is -2.02. The molecule has 0 aromatic heterocycles. The number of hydrogen-bond acceptors (Lipinski definition) is 2. The average molecular weight is 175 g/mol. The van der Waals surface area contributed by atoms with E-state index in [1.165, 1.54) is 7.05 Å². The Kier molecular flexibility index (Phi) is 1.49. The average Bonchev–Trinajstić information content (AvgIpc) is 2.32. The van der Waals surface area contributed by atoms with E-state index in [1.807, 2.05) is 13.0 Å². The van der Waals surface area contributed by atoms with Crippen molar-refractivity contribution in [1.29, 1.82) is 0 Å². The van der Waals surface area contributed by atoms with Gasteiger partial charge in [0.25, 0.3) is 11.8 Å². The Morgan fingerprint density at radius 2 is 1.69 bits per heavy atom. The highest BCUT2D eigenvalue weighted by Gasteiger charge is 2.32. The molecule has 1 aliphatic heterocycles. The van der Waals surface area contributed by atoms with Crippen LogP contribution in [0.4, 0.5) is 0 Å². The van der Waals surface area contributed by atoms with Gasteiger partial charge in [-0.2, -0.15) is 0 Å². The molecule has 0 radical (unpaired) electrons. The van der Waals surface area contributed by atoms with Crippen LogP contribution >= 0.6 is 0 Å². The zero-order valence-corrected chi connectivity index (χ0v) is 7.50. The molecule has 0 spiro atoms. The van der Waals surface area contributed by atoms with Gasteiger partial charge >= 0.3 is 0 Å². The van der Waals surface area contributed by atoms with Gasteiger partial charge in [-0.1, -0.05) is 11.6 Å². The van der Waals surface area contributed by atoms with Crippen LogP contribution in [0, 0.1) is 6.92 Å². The number of carbonyl (C=O) groups excluding carboxylic acids is 2. The van der Waals surface area contributed by atoms with Gasteiger partial charge in [-0.15, -0.1) is 0 Å². The van der Waals surface area contributed by atoms with Gasteiger partial charge < -0.3 is 0 Å². The Morgan fingerprint density at radius 3 is 2.38 bits per heavy atom. The van der Waals surface area contributed by atoms with Crippen molar-refractivity contribution in [3.05, 3.63) is 34.9 Å². The lowest BCUT2D eigenvalue weighted by atomic mass is 10.1. The lowest BCUT2D eigenvalue weighted by Crippen LogP contribution is -2.24. The van der Waals surface area contributed by atoms with Crippen LogP contribution in [-0.2, 0) is 0 Å². The molecule has 0 aliphatic carbocycles. The summed E-state index contributed by atoms with van der Waals surface area (Å²) < 4.78 is 0. The summed E-state index contributed by atoms with van der Waals surface area (Å²) in [5.41, 5.74) is 2.03. The molecule has 3 nitrogen and oxygen atoms in total. The largest absolute Gasteiger partial charge is 0.277 e. The standard InChI is InChI=1S/C10H9NO2/c1-6-3-4-7-8(5-6)10(13)11(2)9(7)12/h3-5H,1-2H3. The molecule has 1 aromatic rings. The summed E-state index contributed by atoms with van der Waals surface area (Å²) >= 11 is 0. The van der Waals surface area contributed by atoms with Crippen LogP contribution in [-0.4, -0.2) is 23.8 Å². The van der Waals surface area contributed by atoms with Gasteiger partial charge in [-0.3, -0.25) is 14.5 Å². The molecule has 0 saturated heterocycles. The fraction of sp³-hybridized carbons (Fsp3) is 0.200. The maximum absolute atomic E-state index is 11.5. The number of rotatable bonds is 0. The Morgan fingerprint density at radius 1 is 1.08 bits per heavy atom. The molecular formula is C10H9NO2. The number of nitrogens with zero attached hydrogens (tertiary/aromatic N) is 1. The van der Waals surface area contributed by atoms with Gasteiger partial charge in [0.2, 0.25) is 0 Å². The Labute approximate surface area is 76.0 Å². The Bertz CT molecular complexity index is 409. The van der Waals surface area contributed by atoms with Crippen molar-refractivity contribution >= 4 is 11.8 Å². The molecule has 13 heavy (non-hydrogen) atoms. The number of imide groups is 1. The number of fused-ring (bicyclic) bond motifs is 1. The summed E-state index contributed by atoms with van der Waals surface area (Å²) in [5, 5.41) is 0. The predicted molar refractivity (Wildman–Crippen MR) is 47.6 cm³/mol. The topological polar surface area (TPSA) is 37.4 Å². The Hall–Kier alpha value is -1.64. The predicted octanol–water partition coefficient (Wildman–Crippen LogP) is 1.22. The first-order chi connectivity index (χ1) is 6.11. The van der Waals surface area contributed by atoms with Gasteiger partial charge in [0, 0.05) is 7.05 Å². The number of hydrogen-bond donors (Lipinski definition) is 0.